The minimum atomic E-state index is 0.00616. The Morgan fingerprint density at radius 1 is 0.800 bits per heavy atom. The maximum Gasteiger partial charge on any atom is 0.220 e. The lowest BCUT2D eigenvalue weighted by Crippen LogP contribution is -2.25. The van der Waals surface area contributed by atoms with Crippen LogP contribution >= 0.6 is 0 Å². The highest BCUT2D eigenvalue weighted by molar-refractivity contribution is 5.75. The first kappa shape index (κ1) is 23.6. The van der Waals surface area contributed by atoms with Crippen LogP contribution in [0.1, 0.15) is 84.0 Å². The van der Waals surface area contributed by atoms with Crippen molar-refractivity contribution in [1.29, 1.82) is 0 Å². The summed E-state index contributed by atoms with van der Waals surface area (Å²) >= 11 is 0. The molecule has 0 radical (unpaired) electrons. The Morgan fingerprint density at radius 3 is 2.00 bits per heavy atom. The topological polar surface area (TPSA) is 49.3 Å². The fraction of sp³-hybridized carbons (Fsp3) is 0.682. The van der Waals surface area contributed by atoms with Crippen molar-refractivity contribution in [2.75, 3.05) is 13.2 Å². The Kier molecular flexibility index (Phi) is 19.6. The van der Waals surface area contributed by atoms with Gasteiger partial charge in [0.2, 0.25) is 5.91 Å². The molecule has 144 valence electrons. The molecule has 0 atom stereocenters. The molecule has 0 aromatic carbocycles. The lowest BCUT2D eigenvalue weighted by molar-refractivity contribution is -0.121. The van der Waals surface area contributed by atoms with Gasteiger partial charge in [0.15, 0.2) is 0 Å². The van der Waals surface area contributed by atoms with Gasteiger partial charge in [-0.2, -0.15) is 0 Å². The lowest BCUT2D eigenvalue weighted by Gasteiger charge is -2.00. The zero-order chi connectivity index (χ0) is 18.4. The van der Waals surface area contributed by atoms with E-state index in [9.17, 15) is 4.79 Å². The number of amides is 1. The van der Waals surface area contributed by atoms with Crippen LogP contribution in [0, 0.1) is 0 Å². The van der Waals surface area contributed by atoms with Crippen molar-refractivity contribution in [2.24, 2.45) is 0 Å². The highest BCUT2D eigenvalue weighted by Crippen LogP contribution is 2.07. The van der Waals surface area contributed by atoms with E-state index in [1.54, 1.807) is 0 Å². The SMILES string of the molecule is CCCCCCCC/C=C/C/C=C\C/C=C/CCCC(=O)NCCO. The van der Waals surface area contributed by atoms with Crippen LogP contribution in [0.15, 0.2) is 36.5 Å². The van der Waals surface area contributed by atoms with Gasteiger partial charge in [0, 0.05) is 13.0 Å². The number of hydrogen-bond acceptors (Lipinski definition) is 2. The minimum absolute atomic E-state index is 0.00616. The fourth-order valence-electron chi connectivity index (χ4n) is 2.48. The molecule has 0 aliphatic heterocycles. The average molecular weight is 350 g/mol. The third kappa shape index (κ3) is 20.6. The highest BCUT2D eigenvalue weighted by Gasteiger charge is 1.97. The molecule has 0 saturated carbocycles. The standard InChI is InChI=1S/C22H39NO2/c1-2-3-4-5-6-7-8-9-10-11-12-13-14-15-16-17-18-19-22(25)23-20-21-24/h9-10,12-13,15-16,24H,2-8,11,14,17-21H2,1H3,(H,23,25)/b10-9+,13-12-,16-15+. The molecule has 0 aromatic rings. The smallest absolute Gasteiger partial charge is 0.220 e. The molecule has 0 unspecified atom stereocenters. The maximum atomic E-state index is 11.3. The van der Waals surface area contributed by atoms with Crippen LogP contribution in [-0.2, 0) is 4.79 Å². The zero-order valence-corrected chi connectivity index (χ0v) is 16.2. The van der Waals surface area contributed by atoms with Gasteiger partial charge in [-0.3, -0.25) is 4.79 Å². The number of carbonyl (C=O) groups excluding carboxylic acids is 1. The van der Waals surface area contributed by atoms with E-state index in [-0.39, 0.29) is 12.5 Å². The monoisotopic (exact) mass is 349 g/mol. The fourth-order valence-corrected chi connectivity index (χ4v) is 2.48. The minimum Gasteiger partial charge on any atom is -0.395 e. The third-order valence-corrected chi connectivity index (χ3v) is 3.98. The van der Waals surface area contributed by atoms with Gasteiger partial charge in [-0.1, -0.05) is 75.5 Å². The van der Waals surface area contributed by atoms with Crippen LogP contribution in [0.25, 0.3) is 0 Å². The molecular weight excluding hydrogens is 310 g/mol. The summed E-state index contributed by atoms with van der Waals surface area (Å²) in [7, 11) is 0. The molecule has 25 heavy (non-hydrogen) atoms. The molecule has 0 fully saturated rings. The summed E-state index contributed by atoms with van der Waals surface area (Å²) in [6.07, 6.45) is 27.0. The molecule has 0 rings (SSSR count). The Bertz CT molecular complexity index is 372. The molecule has 0 heterocycles. The second-order valence-electron chi connectivity index (χ2n) is 6.41. The van der Waals surface area contributed by atoms with E-state index in [4.69, 9.17) is 5.11 Å². The van der Waals surface area contributed by atoms with Crippen LogP contribution < -0.4 is 5.32 Å². The van der Waals surface area contributed by atoms with Crippen molar-refractivity contribution in [1.82, 2.24) is 5.32 Å². The molecule has 3 heteroatoms. The largest absolute Gasteiger partial charge is 0.395 e. The molecule has 0 spiro atoms. The van der Waals surface area contributed by atoms with Gasteiger partial charge in [-0.25, -0.2) is 0 Å². The number of hydrogen-bond donors (Lipinski definition) is 2. The molecule has 1 amide bonds. The molecule has 0 aromatic heterocycles. The van der Waals surface area contributed by atoms with Crippen LogP contribution in [0.2, 0.25) is 0 Å². The van der Waals surface area contributed by atoms with Crippen LogP contribution in [0.4, 0.5) is 0 Å². The number of allylic oxidation sites excluding steroid dienone is 6. The van der Waals surface area contributed by atoms with E-state index >= 15 is 0 Å². The highest BCUT2D eigenvalue weighted by atomic mass is 16.3. The molecule has 0 aliphatic rings. The van der Waals surface area contributed by atoms with Gasteiger partial charge in [0.1, 0.15) is 0 Å². The summed E-state index contributed by atoms with van der Waals surface area (Å²) in [5.74, 6) is 0.0232. The van der Waals surface area contributed by atoms with Crippen LogP contribution in [0.3, 0.4) is 0 Å². The van der Waals surface area contributed by atoms with E-state index in [0.717, 1.165) is 25.7 Å². The van der Waals surface area contributed by atoms with Crippen molar-refractivity contribution >= 4 is 5.91 Å². The summed E-state index contributed by atoms with van der Waals surface area (Å²) < 4.78 is 0. The molecule has 0 saturated heterocycles. The van der Waals surface area contributed by atoms with Crippen molar-refractivity contribution in [3.63, 3.8) is 0 Å². The molecule has 3 nitrogen and oxygen atoms in total. The number of unbranched alkanes of at least 4 members (excludes halogenated alkanes) is 7. The summed E-state index contributed by atoms with van der Waals surface area (Å²) in [6.45, 7) is 2.62. The van der Waals surface area contributed by atoms with E-state index in [1.165, 1.54) is 44.9 Å². The summed E-state index contributed by atoms with van der Waals surface area (Å²) in [5, 5.41) is 11.3. The first-order valence-electron chi connectivity index (χ1n) is 10.1. The van der Waals surface area contributed by atoms with Crippen LogP contribution in [-0.4, -0.2) is 24.2 Å². The van der Waals surface area contributed by atoms with Gasteiger partial charge < -0.3 is 10.4 Å². The van der Waals surface area contributed by atoms with Gasteiger partial charge in [0.25, 0.3) is 0 Å². The predicted octanol–water partition coefficient (Wildman–Crippen LogP) is 5.46. The third-order valence-electron chi connectivity index (χ3n) is 3.98. The summed E-state index contributed by atoms with van der Waals surface area (Å²) in [4.78, 5) is 11.3. The van der Waals surface area contributed by atoms with E-state index in [0.29, 0.717) is 13.0 Å². The number of aliphatic hydroxyl groups is 1. The number of rotatable bonds is 17. The van der Waals surface area contributed by atoms with Gasteiger partial charge in [-0.05, 0) is 38.5 Å². The van der Waals surface area contributed by atoms with Crippen molar-refractivity contribution in [3.05, 3.63) is 36.5 Å². The normalized spacial score (nSPS) is 11.9. The van der Waals surface area contributed by atoms with Gasteiger partial charge in [-0.15, -0.1) is 0 Å². The summed E-state index contributed by atoms with van der Waals surface area (Å²) in [6, 6.07) is 0. The second kappa shape index (κ2) is 20.7. The first-order valence-corrected chi connectivity index (χ1v) is 10.1. The number of aliphatic hydroxyl groups excluding tert-OH is 1. The van der Waals surface area contributed by atoms with Crippen molar-refractivity contribution < 1.29 is 9.90 Å². The predicted molar refractivity (Wildman–Crippen MR) is 109 cm³/mol. The van der Waals surface area contributed by atoms with Crippen molar-refractivity contribution in [2.45, 2.75) is 84.0 Å². The quantitative estimate of drug-likeness (QED) is 0.270. The molecular formula is C22H39NO2. The van der Waals surface area contributed by atoms with E-state index in [2.05, 4.69) is 48.7 Å². The van der Waals surface area contributed by atoms with Crippen LogP contribution in [0.5, 0.6) is 0 Å². The lowest BCUT2D eigenvalue weighted by atomic mass is 10.1. The second-order valence-corrected chi connectivity index (χ2v) is 6.41. The number of nitrogens with one attached hydrogen (secondary N) is 1. The van der Waals surface area contributed by atoms with Crippen molar-refractivity contribution in [3.8, 4) is 0 Å². The Morgan fingerprint density at radius 2 is 1.36 bits per heavy atom. The van der Waals surface area contributed by atoms with E-state index in [1.807, 2.05) is 0 Å². The first-order chi connectivity index (χ1) is 12.3. The molecule has 0 bridgehead atoms. The number of carbonyl (C=O) groups is 1. The molecule has 2 N–H and O–H groups in total. The molecule has 0 aliphatic carbocycles. The van der Waals surface area contributed by atoms with Gasteiger partial charge in [0.05, 0.1) is 6.61 Å². The summed E-state index contributed by atoms with van der Waals surface area (Å²) in [5.41, 5.74) is 0. The average Bonchev–Trinajstić information content (AvgIpc) is 2.62. The Balaban J connectivity index is 3.36. The Hall–Kier alpha value is -1.35. The maximum absolute atomic E-state index is 11.3. The van der Waals surface area contributed by atoms with E-state index < -0.39 is 0 Å². The zero-order valence-electron chi connectivity index (χ0n) is 16.2. The van der Waals surface area contributed by atoms with Gasteiger partial charge >= 0.3 is 0 Å². The Labute approximate surface area is 155 Å².